The number of rotatable bonds is 1. The molecule has 92 valence electrons. The van der Waals surface area contributed by atoms with E-state index in [0.29, 0.717) is 5.82 Å². The molecule has 2 aromatic heterocycles. The molecule has 0 aromatic carbocycles. The average molecular weight is 243 g/mol. The lowest BCUT2D eigenvalue weighted by Gasteiger charge is -2.25. The normalized spacial score (nSPS) is 17.9. The molecular formula is C12H13N5O. The second-order valence-corrected chi connectivity index (χ2v) is 4.42. The van der Waals surface area contributed by atoms with Crippen LogP contribution in [0.1, 0.15) is 17.2 Å². The van der Waals surface area contributed by atoms with Crippen molar-refractivity contribution in [3.63, 3.8) is 0 Å². The number of carbonyl (C=O) groups excluding carboxylic acids is 1. The third-order valence-corrected chi connectivity index (χ3v) is 2.88. The molecule has 1 aliphatic heterocycles. The van der Waals surface area contributed by atoms with Crippen molar-refractivity contribution >= 4 is 17.4 Å². The van der Waals surface area contributed by atoms with Gasteiger partial charge in [-0.25, -0.2) is 4.98 Å². The first-order valence-electron chi connectivity index (χ1n) is 5.66. The van der Waals surface area contributed by atoms with E-state index in [1.807, 2.05) is 26.2 Å². The Kier molecular flexibility index (Phi) is 2.29. The van der Waals surface area contributed by atoms with Crippen LogP contribution in [0.4, 0.5) is 11.5 Å². The maximum atomic E-state index is 12.0. The molecule has 3 heterocycles. The highest BCUT2D eigenvalue weighted by Crippen LogP contribution is 2.30. The van der Waals surface area contributed by atoms with Crippen LogP contribution >= 0.6 is 0 Å². The summed E-state index contributed by atoms with van der Waals surface area (Å²) in [4.78, 5) is 16.3. The summed E-state index contributed by atoms with van der Waals surface area (Å²) in [6, 6.07) is 1.45. The van der Waals surface area contributed by atoms with E-state index in [4.69, 9.17) is 0 Å². The summed E-state index contributed by atoms with van der Waals surface area (Å²) in [6.45, 7) is 1.94. The number of aromatic nitrogens is 3. The number of aryl methyl sites for hydroxylation is 2. The Morgan fingerprint density at radius 3 is 2.94 bits per heavy atom. The van der Waals surface area contributed by atoms with Crippen LogP contribution < -0.4 is 10.6 Å². The molecule has 1 amide bonds. The maximum absolute atomic E-state index is 12.0. The summed E-state index contributed by atoms with van der Waals surface area (Å²) < 4.78 is 1.67. The summed E-state index contributed by atoms with van der Waals surface area (Å²) in [7, 11) is 1.82. The summed E-state index contributed by atoms with van der Waals surface area (Å²) >= 11 is 0. The first-order valence-corrected chi connectivity index (χ1v) is 5.66. The number of nitrogens with zero attached hydrogens (tertiary/aromatic N) is 3. The Morgan fingerprint density at radius 2 is 2.22 bits per heavy atom. The molecule has 6 nitrogen and oxygen atoms in total. The Balaban J connectivity index is 1.97. The topological polar surface area (TPSA) is 71.8 Å². The van der Waals surface area contributed by atoms with Gasteiger partial charge in [0, 0.05) is 25.0 Å². The van der Waals surface area contributed by atoms with Gasteiger partial charge in [0.15, 0.2) is 5.82 Å². The van der Waals surface area contributed by atoms with Crippen molar-refractivity contribution in [2.24, 2.45) is 7.05 Å². The molecule has 0 spiro atoms. The molecule has 2 aromatic rings. The fourth-order valence-electron chi connectivity index (χ4n) is 2.01. The zero-order chi connectivity index (χ0) is 12.7. The van der Waals surface area contributed by atoms with Gasteiger partial charge in [0.05, 0.1) is 11.9 Å². The number of pyridine rings is 1. The molecule has 6 heteroatoms. The molecule has 0 bridgehead atoms. The number of amides is 1. The van der Waals surface area contributed by atoms with Crippen molar-refractivity contribution in [3.05, 3.63) is 35.8 Å². The summed E-state index contributed by atoms with van der Waals surface area (Å²) in [5.74, 6) is 0.594. The van der Waals surface area contributed by atoms with Gasteiger partial charge in [-0.1, -0.05) is 0 Å². The van der Waals surface area contributed by atoms with Crippen molar-refractivity contribution in [1.29, 1.82) is 0 Å². The van der Waals surface area contributed by atoms with E-state index < -0.39 is 6.04 Å². The molecule has 0 radical (unpaired) electrons. The number of fused-ring (bicyclic) bond motifs is 1. The smallest absolute Gasteiger partial charge is 0.251 e. The van der Waals surface area contributed by atoms with Crippen molar-refractivity contribution in [1.82, 2.24) is 14.8 Å². The molecule has 18 heavy (non-hydrogen) atoms. The van der Waals surface area contributed by atoms with Crippen molar-refractivity contribution < 1.29 is 4.79 Å². The quantitative estimate of drug-likeness (QED) is 0.790. The first-order chi connectivity index (χ1) is 8.63. The van der Waals surface area contributed by atoms with Gasteiger partial charge in [-0.15, -0.1) is 0 Å². The van der Waals surface area contributed by atoms with Crippen LogP contribution in [-0.2, 0) is 11.8 Å². The van der Waals surface area contributed by atoms with Crippen molar-refractivity contribution in [2.75, 3.05) is 10.6 Å². The van der Waals surface area contributed by atoms with Gasteiger partial charge >= 0.3 is 0 Å². The molecule has 0 fully saturated rings. The van der Waals surface area contributed by atoms with Crippen molar-refractivity contribution in [3.8, 4) is 0 Å². The van der Waals surface area contributed by atoms with E-state index in [1.165, 1.54) is 0 Å². The van der Waals surface area contributed by atoms with Gasteiger partial charge in [-0.05, 0) is 18.6 Å². The van der Waals surface area contributed by atoms with Crippen LogP contribution in [0, 0.1) is 6.92 Å². The standard InChI is InChI=1S/C12H13N5O/c1-7-3-9-11(13-4-7)16-10(12(18)15-9)8-5-14-17(2)6-8/h3-6,10H,1-2H3,(H,13,16)(H,15,18). The highest BCUT2D eigenvalue weighted by atomic mass is 16.2. The number of hydrogen-bond donors (Lipinski definition) is 2. The molecule has 1 atom stereocenters. The highest BCUT2D eigenvalue weighted by molar-refractivity contribution is 6.02. The van der Waals surface area contributed by atoms with Crippen LogP contribution in [0.5, 0.6) is 0 Å². The lowest BCUT2D eigenvalue weighted by atomic mass is 10.1. The minimum atomic E-state index is -0.443. The van der Waals surface area contributed by atoms with E-state index >= 15 is 0 Å². The Labute approximate surface area is 104 Å². The molecule has 0 saturated carbocycles. The van der Waals surface area contributed by atoms with Crippen LogP contribution in [0.25, 0.3) is 0 Å². The highest BCUT2D eigenvalue weighted by Gasteiger charge is 2.28. The van der Waals surface area contributed by atoms with Crippen LogP contribution in [0.15, 0.2) is 24.7 Å². The third-order valence-electron chi connectivity index (χ3n) is 2.88. The Hall–Kier alpha value is -2.37. The predicted molar refractivity (Wildman–Crippen MR) is 67.2 cm³/mol. The largest absolute Gasteiger partial charge is 0.353 e. The Bertz CT molecular complexity index is 619. The molecule has 1 aliphatic rings. The zero-order valence-corrected chi connectivity index (χ0v) is 10.1. The first kappa shape index (κ1) is 10.8. The number of carbonyl (C=O) groups is 1. The van der Waals surface area contributed by atoms with Crippen LogP contribution in [0.2, 0.25) is 0 Å². The van der Waals surface area contributed by atoms with Gasteiger partial charge < -0.3 is 10.6 Å². The lowest BCUT2D eigenvalue weighted by molar-refractivity contribution is -0.117. The van der Waals surface area contributed by atoms with Crippen LogP contribution in [0.3, 0.4) is 0 Å². The summed E-state index contributed by atoms with van der Waals surface area (Å²) in [6.07, 6.45) is 5.26. The minimum Gasteiger partial charge on any atom is -0.353 e. The average Bonchev–Trinajstić information content (AvgIpc) is 2.74. The number of hydrogen-bond acceptors (Lipinski definition) is 4. The third kappa shape index (κ3) is 1.71. The van der Waals surface area contributed by atoms with Gasteiger partial charge in [0.2, 0.25) is 0 Å². The van der Waals surface area contributed by atoms with E-state index in [1.54, 1.807) is 17.1 Å². The van der Waals surface area contributed by atoms with Crippen molar-refractivity contribution in [2.45, 2.75) is 13.0 Å². The molecular weight excluding hydrogens is 230 g/mol. The van der Waals surface area contributed by atoms with Gasteiger partial charge in [0.25, 0.3) is 5.91 Å². The summed E-state index contributed by atoms with van der Waals surface area (Å²) in [5, 5.41) is 10.1. The fraction of sp³-hybridized carbons (Fsp3) is 0.250. The van der Waals surface area contributed by atoms with E-state index in [2.05, 4.69) is 20.7 Å². The lowest BCUT2D eigenvalue weighted by Crippen LogP contribution is -2.32. The van der Waals surface area contributed by atoms with Crippen LogP contribution in [-0.4, -0.2) is 20.7 Å². The molecule has 3 rings (SSSR count). The second-order valence-electron chi connectivity index (χ2n) is 4.42. The van der Waals surface area contributed by atoms with Gasteiger partial charge in [-0.2, -0.15) is 5.10 Å². The van der Waals surface area contributed by atoms with Gasteiger partial charge in [-0.3, -0.25) is 9.48 Å². The molecule has 0 aliphatic carbocycles. The van der Waals surface area contributed by atoms with E-state index in [9.17, 15) is 4.79 Å². The predicted octanol–water partition coefficient (Wildman–Crippen LogP) is 1.23. The second kappa shape index (κ2) is 3.83. The molecule has 0 saturated heterocycles. The summed E-state index contributed by atoms with van der Waals surface area (Å²) in [5.41, 5.74) is 2.55. The maximum Gasteiger partial charge on any atom is 0.251 e. The Morgan fingerprint density at radius 1 is 1.39 bits per heavy atom. The van der Waals surface area contributed by atoms with Gasteiger partial charge in [0.1, 0.15) is 6.04 Å². The number of nitrogens with one attached hydrogen (secondary N) is 2. The van der Waals surface area contributed by atoms with E-state index in [-0.39, 0.29) is 5.91 Å². The number of anilines is 2. The minimum absolute atomic E-state index is 0.0945. The molecule has 2 N–H and O–H groups in total. The van der Waals surface area contributed by atoms with E-state index in [0.717, 1.165) is 16.8 Å². The fourth-order valence-corrected chi connectivity index (χ4v) is 2.01. The molecule has 1 unspecified atom stereocenters. The monoisotopic (exact) mass is 243 g/mol. The zero-order valence-electron chi connectivity index (χ0n) is 10.1. The SMILES string of the molecule is Cc1cnc2c(c1)NC(=O)C(c1cnn(C)c1)N2.